The monoisotopic (exact) mass is 430 g/mol. The number of hydrogen-bond acceptors (Lipinski definition) is 2. The van der Waals surface area contributed by atoms with Crippen LogP contribution in [0.5, 0.6) is 0 Å². The van der Waals surface area contributed by atoms with Crippen LogP contribution in [-0.2, 0) is 6.54 Å². The van der Waals surface area contributed by atoms with Crippen LogP contribution in [0.15, 0.2) is 35.3 Å². The highest BCUT2D eigenvalue weighted by Gasteiger charge is 2.29. The van der Waals surface area contributed by atoms with E-state index in [0.717, 1.165) is 31.6 Å². The third-order valence-electron chi connectivity index (χ3n) is 3.95. The van der Waals surface area contributed by atoms with Crippen LogP contribution in [-0.4, -0.2) is 42.6 Å². The van der Waals surface area contributed by atoms with E-state index in [1.807, 2.05) is 6.07 Å². The van der Waals surface area contributed by atoms with Crippen LogP contribution in [0.3, 0.4) is 0 Å². The van der Waals surface area contributed by atoms with Gasteiger partial charge < -0.3 is 10.6 Å². The molecule has 1 aliphatic rings. The summed E-state index contributed by atoms with van der Waals surface area (Å²) >= 11 is 0. The van der Waals surface area contributed by atoms with Crippen LogP contribution in [0.2, 0.25) is 0 Å². The normalized spacial score (nSPS) is 14.7. The number of nitrogens with one attached hydrogen (secondary N) is 2. The van der Waals surface area contributed by atoms with E-state index in [4.69, 9.17) is 0 Å². The van der Waals surface area contributed by atoms with Crippen molar-refractivity contribution in [2.75, 3.05) is 19.6 Å². The summed E-state index contributed by atoms with van der Waals surface area (Å²) < 4.78 is 0. The molecule has 4 nitrogen and oxygen atoms in total. The molecule has 0 amide bonds. The summed E-state index contributed by atoms with van der Waals surface area (Å²) in [4.78, 5) is 7.25. The van der Waals surface area contributed by atoms with E-state index in [-0.39, 0.29) is 24.0 Å². The third-order valence-corrected chi connectivity index (χ3v) is 3.95. The molecular weight excluding hydrogens is 399 g/mol. The fourth-order valence-corrected chi connectivity index (χ4v) is 2.67. The van der Waals surface area contributed by atoms with Gasteiger partial charge in [0.05, 0.1) is 6.54 Å². The van der Waals surface area contributed by atoms with E-state index in [9.17, 15) is 0 Å². The third kappa shape index (κ3) is 7.52. The molecule has 0 unspecified atom stereocenters. The van der Waals surface area contributed by atoms with Crippen molar-refractivity contribution >= 4 is 29.9 Å². The Kier molecular flexibility index (Phi) is 9.55. The largest absolute Gasteiger partial charge is 0.357 e. The van der Waals surface area contributed by atoms with Crippen molar-refractivity contribution < 1.29 is 0 Å². The van der Waals surface area contributed by atoms with E-state index < -0.39 is 0 Å². The molecule has 0 atom stereocenters. The van der Waals surface area contributed by atoms with Crippen LogP contribution in [0.4, 0.5) is 0 Å². The van der Waals surface area contributed by atoms with Gasteiger partial charge in [0.25, 0.3) is 0 Å². The van der Waals surface area contributed by atoms with E-state index in [0.29, 0.717) is 12.6 Å². The first-order valence-corrected chi connectivity index (χ1v) is 8.52. The van der Waals surface area contributed by atoms with Crippen molar-refractivity contribution in [3.63, 3.8) is 0 Å². The lowest BCUT2D eigenvalue weighted by atomic mass is 10.2. The molecule has 0 aromatic heterocycles. The molecule has 0 heterocycles. The first-order valence-electron chi connectivity index (χ1n) is 8.52. The van der Waals surface area contributed by atoms with Crippen LogP contribution in [0, 0.1) is 0 Å². The predicted octanol–water partition coefficient (Wildman–Crippen LogP) is 3.23. The number of guanidine groups is 1. The van der Waals surface area contributed by atoms with E-state index in [2.05, 4.69) is 65.6 Å². The zero-order chi connectivity index (χ0) is 15.8. The lowest BCUT2D eigenvalue weighted by Crippen LogP contribution is -2.43. The van der Waals surface area contributed by atoms with E-state index in [1.165, 1.54) is 18.4 Å². The van der Waals surface area contributed by atoms with Gasteiger partial charge in [-0.1, -0.05) is 30.3 Å². The van der Waals surface area contributed by atoms with Crippen LogP contribution >= 0.6 is 24.0 Å². The van der Waals surface area contributed by atoms with Crippen molar-refractivity contribution in [3.8, 4) is 0 Å². The number of hydrogen-bond donors (Lipinski definition) is 2. The quantitative estimate of drug-likeness (QED) is 0.378. The average Bonchev–Trinajstić information content (AvgIpc) is 3.34. The van der Waals surface area contributed by atoms with Gasteiger partial charge in [-0.2, -0.15) is 0 Å². The van der Waals surface area contributed by atoms with Gasteiger partial charge in [-0.15, -0.1) is 24.0 Å². The summed E-state index contributed by atoms with van der Waals surface area (Å²) in [6, 6.07) is 11.8. The summed E-state index contributed by atoms with van der Waals surface area (Å²) in [6.07, 6.45) is 2.72. The topological polar surface area (TPSA) is 39.7 Å². The molecule has 2 rings (SSSR count). The first-order chi connectivity index (χ1) is 10.7. The number of benzene rings is 1. The standard InChI is InChI=1S/C18H30N4.HI/c1-4-19-18(21-14-16-8-6-5-7-9-16)20-12-13-22(15(2)3)17-10-11-17;/h5-9,15,17H,4,10-14H2,1-3H3,(H2,19,20,21);1H. The Labute approximate surface area is 158 Å². The maximum absolute atomic E-state index is 4.66. The Morgan fingerprint density at radius 2 is 1.91 bits per heavy atom. The number of aliphatic imine (C=N–C) groups is 1. The van der Waals surface area contributed by atoms with Crippen molar-refractivity contribution in [1.29, 1.82) is 0 Å². The Morgan fingerprint density at radius 3 is 2.48 bits per heavy atom. The molecular formula is C18H31IN4. The maximum atomic E-state index is 4.66. The number of nitrogens with zero attached hydrogens (tertiary/aromatic N) is 2. The van der Waals surface area contributed by atoms with Gasteiger partial charge in [0, 0.05) is 31.7 Å². The van der Waals surface area contributed by atoms with Crippen LogP contribution < -0.4 is 10.6 Å². The molecule has 5 heteroatoms. The lowest BCUT2D eigenvalue weighted by molar-refractivity contribution is 0.215. The smallest absolute Gasteiger partial charge is 0.191 e. The molecule has 1 aliphatic carbocycles. The second-order valence-electron chi connectivity index (χ2n) is 6.17. The van der Waals surface area contributed by atoms with Gasteiger partial charge in [0.15, 0.2) is 5.96 Å². The van der Waals surface area contributed by atoms with Crippen LogP contribution in [0.1, 0.15) is 39.2 Å². The van der Waals surface area contributed by atoms with Crippen LogP contribution in [0.25, 0.3) is 0 Å². The van der Waals surface area contributed by atoms with E-state index in [1.54, 1.807) is 0 Å². The highest BCUT2D eigenvalue weighted by molar-refractivity contribution is 14.0. The minimum absolute atomic E-state index is 0. The molecule has 0 bridgehead atoms. The highest BCUT2D eigenvalue weighted by Crippen LogP contribution is 2.27. The Morgan fingerprint density at radius 1 is 1.22 bits per heavy atom. The molecule has 23 heavy (non-hydrogen) atoms. The zero-order valence-electron chi connectivity index (χ0n) is 14.6. The molecule has 1 fully saturated rings. The van der Waals surface area contributed by atoms with E-state index >= 15 is 0 Å². The summed E-state index contributed by atoms with van der Waals surface area (Å²) in [6.45, 7) is 10.3. The van der Waals surface area contributed by atoms with Crippen molar-refractivity contribution in [1.82, 2.24) is 15.5 Å². The van der Waals surface area contributed by atoms with Gasteiger partial charge in [0.1, 0.15) is 0 Å². The fourth-order valence-electron chi connectivity index (χ4n) is 2.67. The van der Waals surface area contributed by atoms with Gasteiger partial charge >= 0.3 is 0 Å². The van der Waals surface area contributed by atoms with Gasteiger partial charge in [-0.25, -0.2) is 4.99 Å². The average molecular weight is 430 g/mol. The fraction of sp³-hybridized carbons (Fsp3) is 0.611. The molecule has 1 aromatic rings. The van der Waals surface area contributed by atoms with Crippen molar-refractivity contribution in [3.05, 3.63) is 35.9 Å². The number of halogens is 1. The van der Waals surface area contributed by atoms with Gasteiger partial charge in [-0.3, -0.25) is 4.90 Å². The molecule has 1 saturated carbocycles. The molecule has 0 saturated heterocycles. The summed E-state index contributed by atoms with van der Waals surface area (Å²) in [5.41, 5.74) is 1.24. The second-order valence-corrected chi connectivity index (χ2v) is 6.17. The first kappa shape index (κ1) is 20.2. The lowest BCUT2D eigenvalue weighted by Gasteiger charge is -2.26. The van der Waals surface area contributed by atoms with Crippen molar-refractivity contribution in [2.24, 2.45) is 4.99 Å². The summed E-state index contributed by atoms with van der Waals surface area (Å²) in [7, 11) is 0. The molecule has 2 N–H and O–H groups in total. The van der Waals surface area contributed by atoms with Crippen molar-refractivity contribution in [2.45, 2.75) is 52.2 Å². The van der Waals surface area contributed by atoms with Gasteiger partial charge in [-0.05, 0) is 39.2 Å². The van der Waals surface area contributed by atoms with Gasteiger partial charge in [0.2, 0.25) is 0 Å². The maximum Gasteiger partial charge on any atom is 0.191 e. The molecule has 0 spiro atoms. The predicted molar refractivity (Wildman–Crippen MR) is 110 cm³/mol. The Balaban J connectivity index is 0.00000264. The molecule has 0 radical (unpaired) electrons. The second kappa shape index (κ2) is 10.9. The molecule has 0 aliphatic heterocycles. The highest BCUT2D eigenvalue weighted by atomic mass is 127. The number of rotatable bonds is 8. The zero-order valence-corrected chi connectivity index (χ0v) is 16.9. The SMILES string of the molecule is CCNC(=NCc1ccccc1)NCCN(C(C)C)C1CC1.I. The Hall–Kier alpha value is -0.820. The Bertz CT molecular complexity index is 455. The molecule has 1 aromatic carbocycles. The molecule has 130 valence electrons. The summed E-state index contributed by atoms with van der Waals surface area (Å²) in [5, 5.41) is 6.78. The summed E-state index contributed by atoms with van der Waals surface area (Å²) in [5.74, 6) is 0.908. The minimum atomic E-state index is 0. The minimum Gasteiger partial charge on any atom is -0.357 e.